The number of nitrogens with one attached hydrogen (secondary N) is 6. The van der Waals surface area contributed by atoms with Gasteiger partial charge in [0.25, 0.3) is 11.8 Å². The van der Waals surface area contributed by atoms with Crippen LogP contribution in [0.2, 0.25) is 0 Å². The number of rotatable bonds is 14. The normalized spacial score (nSPS) is 21.7. The maximum Gasteiger partial charge on any atom is 0.274 e. The van der Waals surface area contributed by atoms with Crippen LogP contribution in [0.25, 0.3) is 21.8 Å². The van der Waals surface area contributed by atoms with E-state index in [-0.39, 0.29) is 62.0 Å². The average Bonchev–Trinajstić information content (AvgIpc) is 0.798. The number of carbonyl (C=O) groups excluding carboxylic acids is 12. The Morgan fingerprint density at radius 3 is 1.22 bits per heavy atom. The number of fused-ring (bicyclic) bond motifs is 4. The van der Waals surface area contributed by atoms with Gasteiger partial charge in [-0.3, -0.25) is 57.5 Å². The molecule has 0 spiro atoms. The monoisotopic (exact) mass is 1430 g/mol. The molecule has 3 aliphatic heterocycles. The Balaban J connectivity index is 1.01. The highest BCUT2D eigenvalue weighted by molar-refractivity contribution is 6.03. The van der Waals surface area contributed by atoms with Gasteiger partial charge >= 0.3 is 0 Å². The summed E-state index contributed by atoms with van der Waals surface area (Å²) in [7, 11) is 5.47. The van der Waals surface area contributed by atoms with E-state index in [9.17, 15) is 47.9 Å². The lowest BCUT2D eigenvalue weighted by atomic mass is 9.96. The van der Waals surface area contributed by atoms with Crippen molar-refractivity contribution in [2.75, 3.05) is 80.5 Å². The number of ether oxygens (including phenoxy) is 2. The zero-order chi connectivity index (χ0) is 74.7. The zero-order valence-corrected chi connectivity index (χ0v) is 60.2. The lowest BCUT2D eigenvalue weighted by Crippen LogP contribution is -2.61. The van der Waals surface area contributed by atoms with Crippen molar-refractivity contribution in [2.24, 2.45) is 11.8 Å². The van der Waals surface area contributed by atoms with Crippen molar-refractivity contribution in [2.45, 2.75) is 129 Å². The van der Waals surface area contributed by atoms with Crippen LogP contribution in [0.1, 0.15) is 111 Å². The van der Waals surface area contributed by atoms with E-state index in [2.05, 4.69) is 41.9 Å². The number of hydrogen-bond acceptors (Lipinski definition) is 16. The molecule has 104 heavy (non-hydrogen) atoms. The third-order valence-corrected chi connectivity index (χ3v) is 19.6. The minimum atomic E-state index is -1.59. The quantitative estimate of drug-likeness (QED) is 0.0905. The summed E-state index contributed by atoms with van der Waals surface area (Å²) in [4.78, 5) is 192. The molecule has 6 N–H and O–H groups in total. The number of pyridine rings is 2. The van der Waals surface area contributed by atoms with Crippen LogP contribution in [-0.4, -0.2) is 227 Å². The maximum atomic E-state index is 15.3. The molecular weight excluding hydrogens is 1330 g/mol. The number of benzene rings is 4. The SMILES string of the molecule is CC[C@H](C)[C@H]1C(=O)NC[C@@H](NC(=O)c2nc3ccccc3cc2OCc2ccccc2)C(=O)N2CCCC[C@H]2C(=O)NCC(=O)N(C)CC(=O)N(C)[C@@H]([C@@H](C)CC)C(=O)NC[C@@H](NC(=O)c2nc3ccccc3cc2OCc2ccccc2)C(=O)N2CCCC[C@H]2C(=O)NCC(=O)N(C)CC(=O)N1C. The van der Waals surface area contributed by atoms with E-state index in [1.807, 2.05) is 74.5 Å². The van der Waals surface area contributed by atoms with Gasteiger partial charge in [-0.05, 0) is 85.8 Å². The molecule has 0 bridgehead atoms. The molecule has 2 aromatic heterocycles. The molecule has 0 saturated carbocycles. The molecule has 3 saturated heterocycles. The Morgan fingerprint density at radius 1 is 0.481 bits per heavy atom. The van der Waals surface area contributed by atoms with Crippen LogP contribution in [0.3, 0.4) is 0 Å². The van der Waals surface area contributed by atoms with E-state index < -0.39 is 158 Å². The summed E-state index contributed by atoms with van der Waals surface area (Å²) >= 11 is 0. The number of amides is 12. The summed E-state index contributed by atoms with van der Waals surface area (Å²) in [6, 6.07) is 27.9. The molecule has 3 aliphatic rings. The second-order valence-electron chi connectivity index (χ2n) is 26.8. The molecule has 0 unspecified atom stereocenters. The van der Waals surface area contributed by atoms with Crippen molar-refractivity contribution >= 4 is 92.7 Å². The number of carbonyl (C=O) groups is 12. The van der Waals surface area contributed by atoms with Crippen molar-refractivity contribution in [3.63, 3.8) is 0 Å². The topological polar surface area (TPSA) is 341 Å². The van der Waals surface area contributed by atoms with Gasteiger partial charge in [0.2, 0.25) is 59.1 Å². The molecule has 3 fully saturated rings. The smallest absolute Gasteiger partial charge is 0.274 e. The predicted octanol–water partition coefficient (Wildman–Crippen LogP) is 3.74. The molecular formula is C76H94N14O14. The third-order valence-electron chi connectivity index (χ3n) is 19.6. The van der Waals surface area contributed by atoms with Gasteiger partial charge in [-0.2, -0.15) is 0 Å². The summed E-state index contributed by atoms with van der Waals surface area (Å²) < 4.78 is 12.5. The zero-order valence-electron chi connectivity index (χ0n) is 60.2. The van der Waals surface area contributed by atoms with E-state index >= 15 is 9.59 Å². The second kappa shape index (κ2) is 36.2. The first-order valence-corrected chi connectivity index (χ1v) is 35.4. The fraction of sp³-hybridized carbons (Fsp3) is 0.447. The summed E-state index contributed by atoms with van der Waals surface area (Å²) in [6.07, 6.45) is 2.89. The van der Waals surface area contributed by atoms with Crippen molar-refractivity contribution in [1.82, 2.24) is 71.3 Å². The number of piperidine rings is 2. The molecule has 9 rings (SSSR count). The lowest BCUT2D eigenvalue weighted by molar-refractivity contribution is -0.146. The van der Waals surface area contributed by atoms with E-state index in [0.717, 1.165) is 20.9 Å². The molecule has 0 radical (unpaired) electrons. The molecule has 8 atom stereocenters. The van der Waals surface area contributed by atoms with Crippen LogP contribution in [0.4, 0.5) is 0 Å². The minimum absolute atomic E-state index is 0.0262. The first-order chi connectivity index (χ1) is 50.0. The standard InChI is InChI=1S/C76H94N14O14/c1-9-47(3)67-73(99)77-39-55(83-71(97)65-59(103-45-49-25-13-11-14-26-49)37-51-29-17-19-31-53(51)81-65)75(101)89-35-23-21-33-57(89)69(95)80-42-62(92)86(6)44-64(94)88(8)68(48(4)10-2)74(100)78-40-56(76(102)90-36-24-22-34-58(90)70(96)79-41-61(91)85(5)43-63(93)87(67)7)84-72(98)66-60(104-46-50-27-15-12-16-28-50)38-52-30-18-20-32-54(52)82-66/h11-20,25-32,37-38,47-48,55-58,67-68H,9-10,21-24,33-36,39-46H2,1-8H3,(H,77,99)(H,78,100)(H,79,96)(H,80,95)(H,83,97)(H,84,98)/t47-,48-,55+,56+,57-,58-,67-,68-/m0/s1. The Hall–Kier alpha value is -11.1. The highest BCUT2D eigenvalue weighted by Gasteiger charge is 2.42. The first kappa shape index (κ1) is 77.1. The number of para-hydroxylation sites is 2. The fourth-order valence-electron chi connectivity index (χ4n) is 13.0. The van der Waals surface area contributed by atoms with E-state index in [1.165, 1.54) is 47.8 Å². The summed E-state index contributed by atoms with van der Waals surface area (Å²) in [5.41, 5.74) is 2.08. The van der Waals surface area contributed by atoms with E-state index in [4.69, 9.17) is 9.47 Å². The van der Waals surface area contributed by atoms with Crippen molar-refractivity contribution in [3.8, 4) is 11.5 Å². The van der Waals surface area contributed by atoms with Crippen LogP contribution in [0, 0.1) is 11.8 Å². The largest absolute Gasteiger partial charge is 0.486 e. The van der Waals surface area contributed by atoms with Crippen LogP contribution in [0.5, 0.6) is 11.5 Å². The fourth-order valence-corrected chi connectivity index (χ4v) is 13.0. The first-order valence-electron chi connectivity index (χ1n) is 35.4. The van der Waals surface area contributed by atoms with Gasteiger partial charge in [-0.25, -0.2) is 9.97 Å². The molecule has 4 aromatic carbocycles. The molecule has 6 aromatic rings. The molecule has 12 amide bonds. The van der Waals surface area contributed by atoms with Gasteiger partial charge in [-0.15, -0.1) is 0 Å². The average molecular weight is 1430 g/mol. The Kier molecular flexibility index (Phi) is 26.8. The summed E-state index contributed by atoms with van der Waals surface area (Å²) in [5, 5.41) is 17.8. The predicted molar refractivity (Wildman–Crippen MR) is 386 cm³/mol. The third kappa shape index (κ3) is 19.4. The Bertz CT molecular complexity index is 3870. The molecule has 552 valence electrons. The summed E-state index contributed by atoms with van der Waals surface area (Å²) in [6.45, 7) is 3.75. The number of hydrogen-bond donors (Lipinski definition) is 6. The van der Waals surface area contributed by atoms with Crippen molar-refractivity contribution in [1.29, 1.82) is 0 Å². The van der Waals surface area contributed by atoms with Crippen LogP contribution in [0.15, 0.2) is 121 Å². The van der Waals surface area contributed by atoms with Crippen LogP contribution >= 0.6 is 0 Å². The van der Waals surface area contributed by atoms with Crippen LogP contribution in [-0.2, 0) is 61.2 Å². The summed E-state index contributed by atoms with van der Waals surface area (Å²) in [5.74, 6) is -9.81. The number of nitrogens with zero attached hydrogens (tertiary/aromatic N) is 8. The van der Waals surface area contributed by atoms with Gasteiger partial charge in [0.05, 0.1) is 37.2 Å². The van der Waals surface area contributed by atoms with Crippen LogP contribution < -0.4 is 41.4 Å². The second-order valence-corrected chi connectivity index (χ2v) is 26.8. The lowest BCUT2D eigenvalue weighted by Gasteiger charge is -2.38. The van der Waals surface area contributed by atoms with Crippen molar-refractivity contribution < 1.29 is 67.0 Å². The molecule has 28 nitrogen and oxygen atoms in total. The molecule has 0 aliphatic carbocycles. The van der Waals surface area contributed by atoms with E-state index in [0.29, 0.717) is 60.3 Å². The molecule has 28 heteroatoms. The Morgan fingerprint density at radius 2 is 0.846 bits per heavy atom. The van der Waals surface area contributed by atoms with Gasteiger partial charge in [0.15, 0.2) is 22.9 Å². The maximum absolute atomic E-state index is 15.3. The van der Waals surface area contributed by atoms with Gasteiger partial charge < -0.3 is 70.8 Å². The van der Waals surface area contributed by atoms with Gasteiger partial charge in [-0.1, -0.05) is 138 Å². The number of aromatic nitrogens is 2. The number of likely N-dealkylation sites (N-methyl/N-ethyl adjacent to an activating group) is 4. The Labute approximate surface area is 604 Å². The molecule has 5 heterocycles. The van der Waals surface area contributed by atoms with Gasteiger partial charge in [0, 0.05) is 65.1 Å². The highest BCUT2D eigenvalue weighted by Crippen LogP contribution is 2.29. The van der Waals surface area contributed by atoms with Crippen molar-refractivity contribution in [3.05, 3.63) is 144 Å². The van der Waals surface area contributed by atoms with Gasteiger partial charge in [0.1, 0.15) is 49.5 Å². The minimum Gasteiger partial charge on any atom is -0.486 e. The highest BCUT2D eigenvalue weighted by atomic mass is 16.5. The van der Waals surface area contributed by atoms with E-state index in [1.54, 1.807) is 74.5 Å².